The van der Waals surface area contributed by atoms with Crippen LogP contribution in [0.3, 0.4) is 0 Å². The Kier molecular flexibility index (Phi) is 3.08. The molecule has 0 atom stereocenters. The van der Waals surface area contributed by atoms with Crippen molar-refractivity contribution in [2.24, 2.45) is 0 Å². The predicted molar refractivity (Wildman–Crippen MR) is 47.9 cm³/mol. The zero-order valence-electron chi connectivity index (χ0n) is 5.96. The predicted octanol–water partition coefficient (Wildman–Crippen LogP) is 2.83. The van der Waals surface area contributed by atoms with E-state index >= 15 is 0 Å². The van der Waals surface area contributed by atoms with Gasteiger partial charge in [-0.2, -0.15) is 0 Å². The molecule has 60 valence electrons. The van der Waals surface area contributed by atoms with E-state index in [4.69, 9.17) is 4.74 Å². The number of esters is 1. The molecule has 11 heavy (non-hydrogen) atoms. The maximum atomic E-state index is 10.8. The van der Waals surface area contributed by atoms with Gasteiger partial charge < -0.3 is 4.74 Å². The van der Waals surface area contributed by atoms with Crippen LogP contribution in [0.2, 0.25) is 0 Å². The molecule has 1 aromatic heterocycles. The summed E-state index contributed by atoms with van der Waals surface area (Å²) < 4.78 is 5.88. The molecule has 0 spiro atoms. The highest BCUT2D eigenvalue weighted by molar-refractivity contribution is 9.10. The summed E-state index contributed by atoms with van der Waals surface area (Å²) in [5, 5.41) is 2.52. The SMILES string of the molecule is CCC(=O)Oc1cc(Br)cs1. The molecular weight excluding hydrogens is 228 g/mol. The standard InChI is InChI=1S/C7H7BrO2S/c1-2-6(9)10-7-3-5(8)4-11-7/h3-4H,2H2,1H3. The summed E-state index contributed by atoms with van der Waals surface area (Å²) >= 11 is 4.67. The molecule has 0 amide bonds. The van der Waals surface area contributed by atoms with Gasteiger partial charge in [-0.1, -0.05) is 6.92 Å². The molecule has 0 radical (unpaired) electrons. The van der Waals surface area contributed by atoms with Crippen LogP contribution >= 0.6 is 27.3 Å². The van der Waals surface area contributed by atoms with E-state index in [2.05, 4.69) is 15.9 Å². The molecule has 0 fully saturated rings. The Labute approximate surface area is 77.3 Å². The van der Waals surface area contributed by atoms with E-state index in [9.17, 15) is 4.79 Å². The Morgan fingerprint density at radius 1 is 1.82 bits per heavy atom. The first kappa shape index (κ1) is 8.74. The number of rotatable bonds is 2. The quantitative estimate of drug-likeness (QED) is 0.736. The number of hydrogen-bond donors (Lipinski definition) is 0. The number of carbonyl (C=O) groups is 1. The Hall–Kier alpha value is -0.350. The molecular formula is C7H7BrO2S. The molecule has 4 heteroatoms. The van der Waals surface area contributed by atoms with Crippen molar-refractivity contribution in [2.45, 2.75) is 13.3 Å². The van der Waals surface area contributed by atoms with Crippen molar-refractivity contribution in [3.63, 3.8) is 0 Å². The largest absolute Gasteiger partial charge is 0.415 e. The molecule has 1 heterocycles. The van der Waals surface area contributed by atoms with Crippen LogP contribution in [-0.2, 0) is 4.79 Å². The molecule has 1 rings (SSSR count). The first-order valence-electron chi connectivity index (χ1n) is 3.17. The number of halogens is 1. The second kappa shape index (κ2) is 3.88. The van der Waals surface area contributed by atoms with Gasteiger partial charge >= 0.3 is 5.97 Å². The van der Waals surface area contributed by atoms with E-state index in [-0.39, 0.29) is 5.97 Å². The Bertz CT molecular complexity index is 257. The molecule has 1 aromatic rings. The molecule has 0 aliphatic rings. The van der Waals surface area contributed by atoms with Gasteiger partial charge in [-0.3, -0.25) is 4.79 Å². The number of hydrogen-bond acceptors (Lipinski definition) is 3. The molecule has 0 saturated heterocycles. The Morgan fingerprint density at radius 3 is 3.00 bits per heavy atom. The summed E-state index contributed by atoms with van der Waals surface area (Å²) in [7, 11) is 0. The molecule has 0 unspecified atom stereocenters. The molecule has 0 aliphatic carbocycles. The summed E-state index contributed by atoms with van der Waals surface area (Å²) in [6.07, 6.45) is 0.412. The minimum Gasteiger partial charge on any atom is -0.415 e. The molecule has 0 aromatic carbocycles. The second-order valence-electron chi connectivity index (χ2n) is 1.91. The van der Waals surface area contributed by atoms with E-state index in [1.807, 2.05) is 5.38 Å². The van der Waals surface area contributed by atoms with Crippen LogP contribution in [0.25, 0.3) is 0 Å². The van der Waals surface area contributed by atoms with Gasteiger partial charge in [0.25, 0.3) is 0 Å². The lowest BCUT2D eigenvalue weighted by molar-refractivity contribution is -0.133. The zero-order valence-corrected chi connectivity index (χ0v) is 8.37. The number of thiophene rings is 1. The zero-order chi connectivity index (χ0) is 8.27. The second-order valence-corrected chi connectivity index (χ2v) is 3.70. The van der Waals surface area contributed by atoms with Crippen molar-refractivity contribution < 1.29 is 9.53 Å². The van der Waals surface area contributed by atoms with Crippen LogP contribution in [0.5, 0.6) is 5.06 Å². The van der Waals surface area contributed by atoms with Gasteiger partial charge in [0, 0.05) is 22.3 Å². The van der Waals surface area contributed by atoms with Crippen LogP contribution in [-0.4, -0.2) is 5.97 Å². The van der Waals surface area contributed by atoms with E-state index in [1.54, 1.807) is 13.0 Å². The average molecular weight is 235 g/mol. The van der Waals surface area contributed by atoms with Gasteiger partial charge in [-0.15, -0.1) is 11.3 Å². The minimum atomic E-state index is -0.195. The Morgan fingerprint density at radius 2 is 2.55 bits per heavy atom. The summed E-state index contributed by atoms with van der Waals surface area (Å²) in [4.78, 5) is 10.8. The molecule has 0 saturated carbocycles. The molecule has 0 N–H and O–H groups in total. The van der Waals surface area contributed by atoms with Crippen LogP contribution in [0.1, 0.15) is 13.3 Å². The smallest absolute Gasteiger partial charge is 0.311 e. The van der Waals surface area contributed by atoms with Crippen LogP contribution in [0.15, 0.2) is 15.9 Å². The third-order valence-corrected chi connectivity index (χ3v) is 2.61. The van der Waals surface area contributed by atoms with E-state index < -0.39 is 0 Å². The molecule has 0 bridgehead atoms. The monoisotopic (exact) mass is 234 g/mol. The fourth-order valence-corrected chi connectivity index (χ4v) is 1.81. The van der Waals surface area contributed by atoms with Gasteiger partial charge in [0.05, 0.1) is 0 Å². The van der Waals surface area contributed by atoms with E-state index in [0.29, 0.717) is 11.5 Å². The highest BCUT2D eigenvalue weighted by atomic mass is 79.9. The van der Waals surface area contributed by atoms with Crippen molar-refractivity contribution in [2.75, 3.05) is 0 Å². The fourth-order valence-electron chi connectivity index (χ4n) is 0.533. The van der Waals surface area contributed by atoms with Crippen molar-refractivity contribution in [1.29, 1.82) is 0 Å². The fraction of sp³-hybridized carbons (Fsp3) is 0.286. The summed E-state index contributed by atoms with van der Waals surface area (Å²) in [5.41, 5.74) is 0. The summed E-state index contributed by atoms with van der Waals surface area (Å²) in [6, 6.07) is 1.78. The number of ether oxygens (including phenoxy) is 1. The van der Waals surface area contributed by atoms with Gasteiger partial charge in [0.15, 0.2) is 5.06 Å². The first-order chi connectivity index (χ1) is 5.22. The maximum Gasteiger partial charge on any atom is 0.311 e. The Balaban J connectivity index is 2.57. The number of carbonyl (C=O) groups excluding carboxylic acids is 1. The normalized spacial score (nSPS) is 9.64. The highest BCUT2D eigenvalue weighted by Gasteiger charge is 2.02. The van der Waals surface area contributed by atoms with Crippen molar-refractivity contribution in [3.8, 4) is 5.06 Å². The van der Waals surface area contributed by atoms with Crippen LogP contribution in [0.4, 0.5) is 0 Å². The van der Waals surface area contributed by atoms with Gasteiger partial charge in [0.2, 0.25) is 0 Å². The first-order valence-corrected chi connectivity index (χ1v) is 4.84. The van der Waals surface area contributed by atoms with E-state index in [0.717, 1.165) is 4.47 Å². The molecule has 2 nitrogen and oxygen atoms in total. The average Bonchev–Trinajstić information content (AvgIpc) is 2.35. The highest BCUT2D eigenvalue weighted by Crippen LogP contribution is 2.26. The van der Waals surface area contributed by atoms with Gasteiger partial charge in [-0.25, -0.2) is 0 Å². The maximum absolute atomic E-state index is 10.8. The lowest BCUT2D eigenvalue weighted by atomic mass is 10.5. The molecule has 0 aliphatic heterocycles. The van der Waals surface area contributed by atoms with Crippen LogP contribution < -0.4 is 4.74 Å². The third-order valence-electron chi connectivity index (χ3n) is 1.05. The van der Waals surface area contributed by atoms with Crippen molar-refractivity contribution in [3.05, 3.63) is 15.9 Å². The summed E-state index contributed by atoms with van der Waals surface area (Å²) in [6.45, 7) is 1.77. The lowest BCUT2D eigenvalue weighted by Crippen LogP contribution is -2.03. The van der Waals surface area contributed by atoms with E-state index in [1.165, 1.54) is 11.3 Å². The van der Waals surface area contributed by atoms with Gasteiger partial charge in [-0.05, 0) is 15.9 Å². The van der Waals surface area contributed by atoms with Crippen molar-refractivity contribution in [1.82, 2.24) is 0 Å². The van der Waals surface area contributed by atoms with Gasteiger partial charge in [0.1, 0.15) is 0 Å². The van der Waals surface area contributed by atoms with Crippen LogP contribution in [0, 0.1) is 0 Å². The summed E-state index contributed by atoms with van der Waals surface area (Å²) in [5.74, 6) is -0.195. The topological polar surface area (TPSA) is 26.3 Å². The third kappa shape index (κ3) is 2.63. The van der Waals surface area contributed by atoms with Crippen molar-refractivity contribution >= 4 is 33.2 Å². The minimum absolute atomic E-state index is 0.195. The lowest BCUT2D eigenvalue weighted by Gasteiger charge is -1.95.